The zero-order valence-corrected chi connectivity index (χ0v) is 9.95. The lowest BCUT2D eigenvalue weighted by Crippen LogP contribution is -2.33. The number of nitrogens with zero attached hydrogens (tertiary/aromatic N) is 2. The zero-order valence-electron chi connectivity index (χ0n) is 9.95. The van der Waals surface area contributed by atoms with Gasteiger partial charge in [-0.05, 0) is 39.0 Å². The molecular weight excluding hydrogens is 190 g/mol. The van der Waals surface area contributed by atoms with Crippen molar-refractivity contribution in [3.05, 3.63) is 0 Å². The third-order valence-corrected chi connectivity index (χ3v) is 2.97. The summed E-state index contributed by atoms with van der Waals surface area (Å²) in [4.78, 5) is 5.02. The minimum Gasteiger partial charge on any atom is -0.383 e. The lowest BCUT2D eigenvalue weighted by atomic mass is 10.3. The number of hydrogen-bond donors (Lipinski definition) is 1. The highest BCUT2D eigenvalue weighted by Crippen LogP contribution is 2.03. The first-order valence-electron chi connectivity index (χ1n) is 6.00. The molecule has 0 aromatic carbocycles. The molecule has 1 heterocycles. The van der Waals surface area contributed by atoms with Gasteiger partial charge in [-0.3, -0.25) is 4.90 Å². The number of nitrogens with two attached hydrogens (primary N) is 1. The molecule has 1 aliphatic heterocycles. The molecule has 0 bridgehead atoms. The second kappa shape index (κ2) is 8.05. The predicted molar refractivity (Wildman–Crippen MR) is 63.0 cm³/mol. The normalized spacial score (nSPS) is 20.4. The SMILES string of the molecule is COCCN1CCCN(CCCN)CC1. The third kappa shape index (κ3) is 5.47. The molecule has 90 valence electrons. The Morgan fingerprint density at radius 3 is 2.33 bits per heavy atom. The van der Waals surface area contributed by atoms with Crippen molar-refractivity contribution in [3.63, 3.8) is 0 Å². The van der Waals surface area contributed by atoms with Crippen molar-refractivity contribution in [1.29, 1.82) is 0 Å². The lowest BCUT2D eigenvalue weighted by molar-refractivity contribution is 0.149. The fourth-order valence-electron chi connectivity index (χ4n) is 2.01. The van der Waals surface area contributed by atoms with E-state index in [0.717, 1.165) is 32.7 Å². The van der Waals surface area contributed by atoms with Crippen molar-refractivity contribution >= 4 is 0 Å². The second-order valence-electron chi connectivity index (χ2n) is 4.17. The maximum Gasteiger partial charge on any atom is 0.0589 e. The Kier molecular flexibility index (Phi) is 6.92. The first-order chi connectivity index (χ1) is 7.36. The summed E-state index contributed by atoms with van der Waals surface area (Å²) in [6.07, 6.45) is 2.40. The molecule has 0 amide bonds. The van der Waals surface area contributed by atoms with Crippen molar-refractivity contribution in [2.24, 2.45) is 5.73 Å². The highest BCUT2D eigenvalue weighted by atomic mass is 16.5. The standard InChI is InChI=1S/C11H25N3O/c1-15-11-10-14-7-3-6-13(8-9-14)5-2-4-12/h2-12H2,1H3. The first-order valence-corrected chi connectivity index (χ1v) is 6.00. The third-order valence-electron chi connectivity index (χ3n) is 2.97. The molecule has 4 nitrogen and oxygen atoms in total. The summed E-state index contributed by atoms with van der Waals surface area (Å²) in [7, 11) is 1.77. The van der Waals surface area contributed by atoms with Crippen LogP contribution in [-0.4, -0.2) is 69.3 Å². The number of hydrogen-bond acceptors (Lipinski definition) is 4. The van der Waals surface area contributed by atoms with E-state index in [9.17, 15) is 0 Å². The molecule has 0 aromatic rings. The minimum atomic E-state index is 0.809. The molecule has 1 rings (SSSR count). The van der Waals surface area contributed by atoms with E-state index in [1.165, 1.54) is 32.6 Å². The molecular formula is C11H25N3O. The Morgan fingerprint density at radius 1 is 1.07 bits per heavy atom. The van der Waals surface area contributed by atoms with Gasteiger partial charge >= 0.3 is 0 Å². The first kappa shape index (κ1) is 12.9. The molecule has 1 fully saturated rings. The number of ether oxygens (including phenoxy) is 1. The summed E-state index contributed by atoms with van der Waals surface area (Å²) < 4.78 is 5.11. The highest BCUT2D eigenvalue weighted by Gasteiger charge is 2.13. The van der Waals surface area contributed by atoms with Crippen LogP contribution in [0.5, 0.6) is 0 Å². The van der Waals surface area contributed by atoms with Crippen molar-refractivity contribution < 1.29 is 4.74 Å². The molecule has 2 N–H and O–H groups in total. The van der Waals surface area contributed by atoms with Gasteiger partial charge in [0.2, 0.25) is 0 Å². The summed E-state index contributed by atoms with van der Waals surface area (Å²) >= 11 is 0. The van der Waals surface area contributed by atoms with E-state index in [0.29, 0.717) is 0 Å². The van der Waals surface area contributed by atoms with Gasteiger partial charge in [-0.25, -0.2) is 0 Å². The average Bonchev–Trinajstić information content (AvgIpc) is 2.49. The van der Waals surface area contributed by atoms with Gasteiger partial charge in [0, 0.05) is 26.7 Å². The number of rotatable bonds is 6. The largest absolute Gasteiger partial charge is 0.383 e. The second-order valence-corrected chi connectivity index (χ2v) is 4.17. The van der Waals surface area contributed by atoms with Crippen molar-refractivity contribution in [2.45, 2.75) is 12.8 Å². The van der Waals surface area contributed by atoms with E-state index in [-0.39, 0.29) is 0 Å². The van der Waals surface area contributed by atoms with Gasteiger partial charge in [-0.15, -0.1) is 0 Å². The molecule has 0 unspecified atom stereocenters. The molecule has 0 saturated carbocycles. The molecule has 1 aliphatic rings. The van der Waals surface area contributed by atoms with Gasteiger partial charge in [-0.2, -0.15) is 0 Å². The summed E-state index contributed by atoms with van der Waals surface area (Å²) in [5, 5.41) is 0. The molecule has 4 heteroatoms. The molecule has 0 aliphatic carbocycles. The van der Waals surface area contributed by atoms with Gasteiger partial charge in [-0.1, -0.05) is 0 Å². The smallest absolute Gasteiger partial charge is 0.0589 e. The van der Waals surface area contributed by atoms with E-state index in [1.807, 2.05) is 0 Å². The van der Waals surface area contributed by atoms with E-state index < -0.39 is 0 Å². The minimum absolute atomic E-state index is 0.809. The van der Waals surface area contributed by atoms with Crippen LogP contribution in [0.25, 0.3) is 0 Å². The quantitative estimate of drug-likeness (QED) is 0.676. The molecule has 1 saturated heterocycles. The van der Waals surface area contributed by atoms with Crippen molar-refractivity contribution in [2.75, 3.05) is 59.5 Å². The van der Waals surface area contributed by atoms with Gasteiger partial charge in [0.1, 0.15) is 0 Å². The maximum atomic E-state index is 5.52. The zero-order chi connectivity index (χ0) is 10.9. The van der Waals surface area contributed by atoms with Gasteiger partial charge in [0.25, 0.3) is 0 Å². The van der Waals surface area contributed by atoms with Gasteiger partial charge in [0.15, 0.2) is 0 Å². The molecule has 0 radical (unpaired) electrons. The van der Waals surface area contributed by atoms with Crippen LogP contribution in [0, 0.1) is 0 Å². The fourth-order valence-corrected chi connectivity index (χ4v) is 2.01. The fraction of sp³-hybridized carbons (Fsp3) is 1.00. The maximum absolute atomic E-state index is 5.52. The average molecular weight is 215 g/mol. The van der Waals surface area contributed by atoms with Crippen LogP contribution >= 0.6 is 0 Å². The van der Waals surface area contributed by atoms with Crippen LogP contribution < -0.4 is 5.73 Å². The Bertz CT molecular complexity index is 139. The monoisotopic (exact) mass is 215 g/mol. The van der Waals surface area contributed by atoms with Gasteiger partial charge < -0.3 is 15.4 Å². The Balaban J connectivity index is 2.16. The van der Waals surface area contributed by atoms with Crippen LogP contribution in [-0.2, 0) is 4.74 Å². The lowest BCUT2D eigenvalue weighted by Gasteiger charge is -2.21. The van der Waals surface area contributed by atoms with E-state index >= 15 is 0 Å². The summed E-state index contributed by atoms with van der Waals surface area (Å²) in [6.45, 7) is 8.69. The molecule has 15 heavy (non-hydrogen) atoms. The Labute approximate surface area is 93.4 Å². The van der Waals surface area contributed by atoms with Crippen LogP contribution in [0.1, 0.15) is 12.8 Å². The summed E-state index contributed by atoms with van der Waals surface area (Å²) in [5.41, 5.74) is 5.52. The van der Waals surface area contributed by atoms with E-state index in [1.54, 1.807) is 7.11 Å². The number of methoxy groups -OCH3 is 1. The van der Waals surface area contributed by atoms with Crippen LogP contribution in [0.15, 0.2) is 0 Å². The van der Waals surface area contributed by atoms with Crippen molar-refractivity contribution in [3.8, 4) is 0 Å². The molecule has 0 atom stereocenters. The predicted octanol–water partition coefficient (Wildman–Crippen LogP) is -0.0107. The van der Waals surface area contributed by atoms with Crippen LogP contribution in [0.2, 0.25) is 0 Å². The van der Waals surface area contributed by atoms with Crippen molar-refractivity contribution in [1.82, 2.24) is 9.80 Å². The summed E-state index contributed by atoms with van der Waals surface area (Å²) in [5.74, 6) is 0. The van der Waals surface area contributed by atoms with E-state index in [2.05, 4.69) is 9.80 Å². The van der Waals surface area contributed by atoms with Crippen LogP contribution in [0.3, 0.4) is 0 Å². The topological polar surface area (TPSA) is 41.7 Å². The molecule has 0 aromatic heterocycles. The summed E-state index contributed by atoms with van der Waals surface area (Å²) in [6, 6.07) is 0. The molecule has 0 spiro atoms. The van der Waals surface area contributed by atoms with Gasteiger partial charge in [0.05, 0.1) is 6.61 Å². The highest BCUT2D eigenvalue weighted by molar-refractivity contribution is 4.69. The Hall–Kier alpha value is -0.160. The Morgan fingerprint density at radius 2 is 1.73 bits per heavy atom. The van der Waals surface area contributed by atoms with E-state index in [4.69, 9.17) is 10.5 Å². The van der Waals surface area contributed by atoms with Crippen LogP contribution in [0.4, 0.5) is 0 Å².